The zero-order valence-corrected chi connectivity index (χ0v) is 10.3. The molecular weight excluding hydrogens is 235 g/mol. The number of amidine groups is 1. The third-order valence-corrected chi connectivity index (χ3v) is 4.52. The molecule has 1 saturated carbocycles. The van der Waals surface area contributed by atoms with Gasteiger partial charge in [-0.3, -0.25) is 4.99 Å². The Morgan fingerprint density at radius 1 is 1.29 bits per heavy atom. The van der Waals surface area contributed by atoms with Gasteiger partial charge < -0.3 is 5.32 Å². The molecule has 1 aromatic carbocycles. The molecule has 3 rings (SSSR count). The van der Waals surface area contributed by atoms with E-state index in [-0.39, 0.29) is 5.82 Å². The van der Waals surface area contributed by atoms with Crippen LogP contribution in [0.4, 0.5) is 4.39 Å². The lowest BCUT2D eigenvalue weighted by atomic mass is 10.2. The average Bonchev–Trinajstić information content (AvgIpc) is 3.09. The van der Waals surface area contributed by atoms with Crippen molar-refractivity contribution in [3.05, 3.63) is 35.6 Å². The second kappa shape index (κ2) is 4.69. The van der Waals surface area contributed by atoms with Gasteiger partial charge in [0, 0.05) is 11.8 Å². The maximum atomic E-state index is 12.7. The maximum Gasteiger partial charge on any atom is 0.157 e. The Labute approximate surface area is 105 Å². The molecule has 2 nitrogen and oxygen atoms in total. The van der Waals surface area contributed by atoms with Crippen LogP contribution in [0.15, 0.2) is 29.3 Å². The molecule has 1 aromatic rings. The highest BCUT2D eigenvalue weighted by Crippen LogP contribution is 2.41. The van der Waals surface area contributed by atoms with E-state index in [1.54, 1.807) is 12.1 Å². The molecular formula is C13H15FN2S. The van der Waals surface area contributed by atoms with E-state index in [0.717, 1.165) is 29.7 Å². The smallest absolute Gasteiger partial charge is 0.157 e. The fourth-order valence-corrected chi connectivity index (χ4v) is 3.19. The van der Waals surface area contributed by atoms with E-state index in [2.05, 4.69) is 10.3 Å². The fraction of sp³-hybridized carbons (Fsp3) is 0.462. The van der Waals surface area contributed by atoms with E-state index in [0.29, 0.717) is 5.25 Å². The molecule has 2 aliphatic rings. The molecule has 0 spiro atoms. The summed E-state index contributed by atoms with van der Waals surface area (Å²) < 4.78 is 12.7. The normalized spacial score (nSPS) is 23.6. The highest BCUT2D eigenvalue weighted by molar-refractivity contribution is 8.14. The predicted octanol–water partition coefficient (Wildman–Crippen LogP) is 2.80. The first-order valence-corrected chi connectivity index (χ1v) is 6.88. The number of thioether (sulfide) groups is 1. The van der Waals surface area contributed by atoms with Crippen LogP contribution in [0.2, 0.25) is 0 Å². The van der Waals surface area contributed by atoms with Gasteiger partial charge in [0.2, 0.25) is 0 Å². The molecule has 1 heterocycles. The molecule has 1 aliphatic heterocycles. The second-order valence-electron chi connectivity index (χ2n) is 4.62. The van der Waals surface area contributed by atoms with Gasteiger partial charge in [-0.15, -0.1) is 0 Å². The Morgan fingerprint density at radius 3 is 2.76 bits per heavy atom. The number of benzene rings is 1. The Balaban J connectivity index is 1.49. The van der Waals surface area contributed by atoms with Gasteiger partial charge in [-0.25, -0.2) is 4.39 Å². The first kappa shape index (κ1) is 11.1. The molecule has 0 bridgehead atoms. The van der Waals surface area contributed by atoms with Crippen molar-refractivity contribution in [1.29, 1.82) is 0 Å². The van der Waals surface area contributed by atoms with Gasteiger partial charge in [0.25, 0.3) is 0 Å². The van der Waals surface area contributed by atoms with Crippen LogP contribution in [-0.4, -0.2) is 17.0 Å². The summed E-state index contributed by atoms with van der Waals surface area (Å²) in [6.45, 7) is 1.69. The zero-order chi connectivity index (χ0) is 11.7. The van der Waals surface area contributed by atoms with Crippen molar-refractivity contribution in [1.82, 2.24) is 5.32 Å². The Hall–Kier alpha value is -1.03. The van der Waals surface area contributed by atoms with E-state index in [1.165, 1.54) is 25.0 Å². The van der Waals surface area contributed by atoms with Crippen LogP contribution >= 0.6 is 11.8 Å². The summed E-state index contributed by atoms with van der Waals surface area (Å²) in [7, 11) is 0. The number of nitrogens with zero attached hydrogens (tertiary/aromatic N) is 1. The molecule has 90 valence electrons. The number of hydrogen-bond donors (Lipinski definition) is 1. The van der Waals surface area contributed by atoms with E-state index in [9.17, 15) is 4.39 Å². The van der Waals surface area contributed by atoms with Gasteiger partial charge in [-0.2, -0.15) is 0 Å². The number of nitrogens with one attached hydrogen (secondary N) is 1. The lowest BCUT2D eigenvalue weighted by Gasteiger charge is -2.07. The van der Waals surface area contributed by atoms with E-state index in [4.69, 9.17) is 0 Å². The van der Waals surface area contributed by atoms with Crippen molar-refractivity contribution in [3.63, 3.8) is 0 Å². The monoisotopic (exact) mass is 250 g/mol. The third-order valence-electron chi connectivity index (χ3n) is 3.18. The van der Waals surface area contributed by atoms with Gasteiger partial charge in [-0.1, -0.05) is 23.9 Å². The standard InChI is InChI=1S/C13H15FN2S/c14-11-5-1-9(2-6-11)7-15-13-16-8-12(17-13)10-3-4-10/h1-2,5-6,10,12H,3-4,7-8H2,(H,15,16). The first-order valence-electron chi connectivity index (χ1n) is 6.01. The lowest BCUT2D eigenvalue weighted by molar-refractivity contribution is 0.627. The molecule has 1 N–H and O–H groups in total. The molecule has 0 amide bonds. The van der Waals surface area contributed by atoms with Crippen LogP contribution < -0.4 is 5.32 Å². The largest absolute Gasteiger partial charge is 0.361 e. The topological polar surface area (TPSA) is 24.4 Å². The summed E-state index contributed by atoms with van der Waals surface area (Å²) in [4.78, 5) is 4.51. The number of halogens is 1. The molecule has 1 unspecified atom stereocenters. The van der Waals surface area contributed by atoms with Gasteiger partial charge in [0.05, 0.1) is 6.54 Å². The minimum absolute atomic E-state index is 0.185. The van der Waals surface area contributed by atoms with Gasteiger partial charge in [0.1, 0.15) is 5.82 Å². The van der Waals surface area contributed by atoms with Crippen molar-refractivity contribution in [3.8, 4) is 0 Å². The van der Waals surface area contributed by atoms with Crippen LogP contribution in [0, 0.1) is 11.7 Å². The van der Waals surface area contributed by atoms with Crippen molar-refractivity contribution in [2.75, 3.05) is 6.54 Å². The summed E-state index contributed by atoms with van der Waals surface area (Å²) in [6, 6.07) is 6.60. The molecule has 1 aliphatic carbocycles. The predicted molar refractivity (Wildman–Crippen MR) is 69.6 cm³/mol. The second-order valence-corrected chi connectivity index (χ2v) is 5.85. The van der Waals surface area contributed by atoms with Crippen LogP contribution in [0.1, 0.15) is 18.4 Å². The lowest BCUT2D eigenvalue weighted by Crippen LogP contribution is -2.19. The number of aliphatic imine (C=N–C) groups is 1. The highest BCUT2D eigenvalue weighted by atomic mass is 32.2. The minimum atomic E-state index is -0.185. The van der Waals surface area contributed by atoms with Crippen molar-refractivity contribution in [2.24, 2.45) is 10.9 Å². The van der Waals surface area contributed by atoms with Crippen LogP contribution in [0.3, 0.4) is 0 Å². The Morgan fingerprint density at radius 2 is 2.06 bits per heavy atom. The van der Waals surface area contributed by atoms with E-state index >= 15 is 0 Å². The Bertz CT molecular complexity index is 426. The quantitative estimate of drug-likeness (QED) is 0.892. The van der Waals surface area contributed by atoms with Gasteiger partial charge >= 0.3 is 0 Å². The summed E-state index contributed by atoms with van der Waals surface area (Å²) in [5.74, 6) is 0.712. The highest BCUT2D eigenvalue weighted by Gasteiger charge is 2.35. The summed E-state index contributed by atoms with van der Waals surface area (Å²) >= 11 is 1.87. The number of rotatable bonds is 3. The SMILES string of the molecule is Fc1ccc(CNC2=NCC(C3CC3)S2)cc1. The Kier molecular flexibility index (Phi) is 3.05. The molecule has 17 heavy (non-hydrogen) atoms. The van der Waals surface area contributed by atoms with Crippen molar-refractivity contribution in [2.45, 2.75) is 24.6 Å². The first-order chi connectivity index (χ1) is 8.31. The maximum absolute atomic E-state index is 12.7. The molecule has 1 fully saturated rings. The van der Waals surface area contributed by atoms with Crippen LogP contribution in [0.5, 0.6) is 0 Å². The van der Waals surface area contributed by atoms with Crippen LogP contribution in [0.25, 0.3) is 0 Å². The van der Waals surface area contributed by atoms with Gasteiger partial charge in [0.15, 0.2) is 5.17 Å². The van der Waals surface area contributed by atoms with E-state index in [1.807, 2.05) is 11.8 Å². The summed E-state index contributed by atoms with van der Waals surface area (Å²) in [5.41, 5.74) is 1.09. The minimum Gasteiger partial charge on any atom is -0.361 e. The van der Waals surface area contributed by atoms with Crippen molar-refractivity contribution >= 4 is 16.9 Å². The summed E-state index contributed by atoms with van der Waals surface area (Å²) in [6.07, 6.45) is 2.75. The van der Waals surface area contributed by atoms with Gasteiger partial charge in [-0.05, 0) is 36.5 Å². The molecule has 1 atom stereocenters. The fourth-order valence-electron chi connectivity index (χ4n) is 1.98. The zero-order valence-electron chi connectivity index (χ0n) is 9.53. The number of hydrogen-bond acceptors (Lipinski definition) is 3. The molecule has 0 saturated heterocycles. The molecule has 0 aromatic heterocycles. The average molecular weight is 250 g/mol. The molecule has 4 heteroatoms. The van der Waals surface area contributed by atoms with Crippen LogP contribution in [-0.2, 0) is 6.54 Å². The third kappa shape index (κ3) is 2.80. The summed E-state index contributed by atoms with van der Waals surface area (Å²) in [5, 5.41) is 5.07. The van der Waals surface area contributed by atoms with Crippen molar-refractivity contribution < 1.29 is 4.39 Å². The van der Waals surface area contributed by atoms with E-state index < -0.39 is 0 Å². The molecule has 0 radical (unpaired) electrons.